The summed E-state index contributed by atoms with van der Waals surface area (Å²) in [7, 11) is 0. The van der Waals surface area contributed by atoms with Gasteiger partial charge in [-0.05, 0) is 24.1 Å². The predicted octanol–water partition coefficient (Wildman–Crippen LogP) is 0.949. The Morgan fingerprint density at radius 2 is 1.93 bits per heavy atom. The third kappa shape index (κ3) is 2.62. The molecule has 84 valence electrons. The molecule has 15 heavy (non-hydrogen) atoms. The molecule has 0 aliphatic heterocycles. The minimum Gasteiger partial charge on any atom is -0.397 e. The van der Waals surface area contributed by atoms with Gasteiger partial charge < -0.3 is 21.7 Å². The number of hydrogen-bond acceptors (Lipinski definition) is 4. The van der Waals surface area contributed by atoms with Gasteiger partial charge in [-0.15, -0.1) is 0 Å². The first-order chi connectivity index (χ1) is 6.97. The molecule has 0 aromatic heterocycles. The van der Waals surface area contributed by atoms with Crippen molar-refractivity contribution >= 4 is 27.3 Å². The Morgan fingerprint density at radius 1 is 1.33 bits per heavy atom. The Hall–Kier alpha value is -0.780. The molecule has 5 heteroatoms. The molecular weight excluding hydrogens is 260 g/mol. The Labute approximate surface area is 97.0 Å². The summed E-state index contributed by atoms with van der Waals surface area (Å²) >= 11 is 3.10. The van der Waals surface area contributed by atoms with Crippen LogP contribution >= 0.6 is 15.9 Å². The average Bonchev–Trinajstić information content (AvgIpc) is 2.23. The average molecular weight is 275 g/mol. The maximum Gasteiger partial charge on any atom is 0.106 e. The van der Waals surface area contributed by atoms with Crippen LogP contribution in [0.3, 0.4) is 0 Å². The third-order valence-corrected chi connectivity index (χ3v) is 2.97. The molecule has 0 radical (unpaired) electrons. The predicted molar refractivity (Wildman–Crippen MR) is 64.8 cm³/mol. The zero-order valence-corrected chi connectivity index (χ0v) is 10.0. The first-order valence-electron chi connectivity index (χ1n) is 4.55. The maximum atomic E-state index is 9.75. The van der Waals surface area contributed by atoms with Crippen molar-refractivity contribution in [3.63, 3.8) is 0 Å². The lowest BCUT2D eigenvalue weighted by molar-refractivity contribution is 0.0343. The number of aliphatic hydroxyl groups excluding tert-OH is 2. The van der Waals surface area contributed by atoms with E-state index in [9.17, 15) is 10.2 Å². The van der Waals surface area contributed by atoms with Crippen LogP contribution in [0.4, 0.5) is 11.4 Å². The molecule has 0 fully saturated rings. The molecule has 0 saturated carbocycles. The fraction of sp³-hybridized carbons (Fsp3) is 0.400. The summed E-state index contributed by atoms with van der Waals surface area (Å²) in [5.41, 5.74) is 13.7. The van der Waals surface area contributed by atoms with Gasteiger partial charge in [-0.2, -0.15) is 0 Å². The molecule has 0 bridgehead atoms. The SMILES string of the molecule is Cc1cc(C(O)C(O)CBr)cc(N)c1N. The van der Waals surface area contributed by atoms with Crippen molar-refractivity contribution in [3.05, 3.63) is 23.3 Å². The Morgan fingerprint density at radius 3 is 2.40 bits per heavy atom. The summed E-state index contributed by atoms with van der Waals surface area (Å²) in [5, 5.41) is 19.5. The summed E-state index contributed by atoms with van der Waals surface area (Å²) in [6.07, 6.45) is -1.81. The van der Waals surface area contributed by atoms with E-state index in [2.05, 4.69) is 15.9 Å². The van der Waals surface area contributed by atoms with E-state index < -0.39 is 12.2 Å². The zero-order valence-electron chi connectivity index (χ0n) is 8.44. The summed E-state index contributed by atoms with van der Waals surface area (Å²) in [4.78, 5) is 0. The molecule has 0 aliphatic carbocycles. The molecule has 1 aromatic rings. The van der Waals surface area contributed by atoms with Gasteiger partial charge in [0.05, 0.1) is 17.5 Å². The quantitative estimate of drug-likeness (QED) is 0.488. The molecule has 0 heterocycles. The highest BCUT2D eigenvalue weighted by atomic mass is 79.9. The minimum atomic E-state index is -0.953. The fourth-order valence-corrected chi connectivity index (χ4v) is 1.69. The van der Waals surface area contributed by atoms with Crippen LogP contribution in [-0.2, 0) is 0 Å². The second kappa shape index (κ2) is 4.83. The Balaban J connectivity index is 3.06. The van der Waals surface area contributed by atoms with E-state index in [1.54, 1.807) is 12.1 Å². The van der Waals surface area contributed by atoms with Crippen LogP contribution in [0.2, 0.25) is 0 Å². The van der Waals surface area contributed by atoms with E-state index in [4.69, 9.17) is 11.5 Å². The van der Waals surface area contributed by atoms with Crippen molar-refractivity contribution in [2.45, 2.75) is 19.1 Å². The van der Waals surface area contributed by atoms with Gasteiger partial charge in [0.1, 0.15) is 6.10 Å². The number of halogens is 1. The number of nitrogens with two attached hydrogens (primary N) is 2. The topological polar surface area (TPSA) is 92.5 Å². The second-order valence-corrected chi connectivity index (χ2v) is 4.15. The van der Waals surface area contributed by atoms with Gasteiger partial charge in [-0.25, -0.2) is 0 Å². The minimum absolute atomic E-state index is 0.303. The van der Waals surface area contributed by atoms with Crippen molar-refractivity contribution < 1.29 is 10.2 Å². The van der Waals surface area contributed by atoms with E-state index in [0.29, 0.717) is 22.3 Å². The van der Waals surface area contributed by atoms with Gasteiger partial charge in [0, 0.05) is 5.33 Å². The van der Waals surface area contributed by atoms with Crippen molar-refractivity contribution in [1.82, 2.24) is 0 Å². The monoisotopic (exact) mass is 274 g/mol. The molecule has 1 aromatic carbocycles. The molecule has 0 spiro atoms. The van der Waals surface area contributed by atoms with Crippen LogP contribution in [0.5, 0.6) is 0 Å². The van der Waals surface area contributed by atoms with Gasteiger partial charge >= 0.3 is 0 Å². The van der Waals surface area contributed by atoms with Crippen molar-refractivity contribution in [3.8, 4) is 0 Å². The summed E-state index contributed by atoms with van der Waals surface area (Å²) in [6.45, 7) is 1.81. The number of hydrogen-bond donors (Lipinski definition) is 4. The number of benzene rings is 1. The highest BCUT2D eigenvalue weighted by molar-refractivity contribution is 9.09. The second-order valence-electron chi connectivity index (χ2n) is 3.51. The highest BCUT2D eigenvalue weighted by Crippen LogP contribution is 2.27. The molecule has 0 aliphatic rings. The van der Waals surface area contributed by atoms with Crippen LogP contribution in [0.1, 0.15) is 17.2 Å². The number of nitrogen functional groups attached to an aromatic ring is 2. The molecule has 0 amide bonds. The summed E-state index contributed by atoms with van der Waals surface area (Å²) in [6, 6.07) is 3.31. The lowest BCUT2D eigenvalue weighted by atomic mass is 10.0. The van der Waals surface area contributed by atoms with E-state index >= 15 is 0 Å². The lowest BCUT2D eigenvalue weighted by Gasteiger charge is -2.17. The molecule has 0 saturated heterocycles. The van der Waals surface area contributed by atoms with E-state index in [1.165, 1.54) is 0 Å². The van der Waals surface area contributed by atoms with Crippen molar-refractivity contribution in [2.24, 2.45) is 0 Å². The third-order valence-electron chi connectivity index (χ3n) is 2.31. The molecule has 6 N–H and O–H groups in total. The number of alkyl halides is 1. The highest BCUT2D eigenvalue weighted by Gasteiger charge is 2.18. The van der Waals surface area contributed by atoms with Gasteiger partial charge in [-0.3, -0.25) is 0 Å². The van der Waals surface area contributed by atoms with Crippen molar-refractivity contribution in [2.75, 3.05) is 16.8 Å². The van der Waals surface area contributed by atoms with Crippen molar-refractivity contribution in [1.29, 1.82) is 0 Å². The fourth-order valence-electron chi connectivity index (χ4n) is 1.33. The van der Waals surface area contributed by atoms with Crippen LogP contribution < -0.4 is 11.5 Å². The van der Waals surface area contributed by atoms with E-state index in [1.807, 2.05) is 6.92 Å². The van der Waals surface area contributed by atoms with E-state index in [-0.39, 0.29) is 0 Å². The summed E-state index contributed by atoms with van der Waals surface area (Å²) in [5.74, 6) is 0. The van der Waals surface area contributed by atoms with Crippen LogP contribution in [0.25, 0.3) is 0 Å². The largest absolute Gasteiger partial charge is 0.397 e. The van der Waals surface area contributed by atoms with Gasteiger partial charge in [0.2, 0.25) is 0 Å². The lowest BCUT2D eigenvalue weighted by Crippen LogP contribution is -2.20. The van der Waals surface area contributed by atoms with Crippen LogP contribution in [-0.4, -0.2) is 21.6 Å². The maximum absolute atomic E-state index is 9.75. The molecular formula is C10H15BrN2O2. The zero-order chi connectivity index (χ0) is 11.6. The number of aryl methyl sites for hydroxylation is 1. The number of aliphatic hydroxyl groups is 2. The van der Waals surface area contributed by atoms with Crippen LogP contribution in [0, 0.1) is 6.92 Å². The number of rotatable bonds is 3. The summed E-state index contributed by atoms with van der Waals surface area (Å²) < 4.78 is 0. The standard InChI is InChI=1S/C10H15BrN2O2/c1-5-2-6(3-7(12)9(5)13)10(15)8(14)4-11/h2-3,8,10,14-15H,4,12-13H2,1H3. The number of anilines is 2. The smallest absolute Gasteiger partial charge is 0.106 e. The molecule has 2 atom stereocenters. The molecule has 4 nitrogen and oxygen atoms in total. The molecule has 1 rings (SSSR count). The normalized spacial score (nSPS) is 14.9. The van der Waals surface area contributed by atoms with E-state index in [0.717, 1.165) is 5.56 Å². The Kier molecular flexibility index (Phi) is 3.96. The van der Waals surface area contributed by atoms with Gasteiger partial charge in [0.15, 0.2) is 0 Å². The first kappa shape index (κ1) is 12.3. The first-order valence-corrected chi connectivity index (χ1v) is 5.67. The Bertz CT molecular complexity index is 334. The van der Waals surface area contributed by atoms with Gasteiger partial charge in [0.25, 0.3) is 0 Å². The van der Waals surface area contributed by atoms with Crippen LogP contribution in [0.15, 0.2) is 12.1 Å². The molecule has 2 unspecified atom stereocenters. The van der Waals surface area contributed by atoms with Gasteiger partial charge in [-0.1, -0.05) is 22.0 Å².